The molecule has 0 bridgehead atoms. The summed E-state index contributed by atoms with van der Waals surface area (Å²) < 4.78 is 10.8. The quantitative estimate of drug-likeness (QED) is 0.631. The van der Waals surface area contributed by atoms with Crippen LogP contribution in [0.1, 0.15) is 19.8 Å². The van der Waals surface area contributed by atoms with Crippen LogP contribution in [0, 0.1) is 0 Å². The zero-order valence-electron chi connectivity index (χ0n) is 12.1. The topological polar surface area (TPSA) is 71.0 Å². The van der Waals surface area contributed by atoms with Gasteiger partial charge in [0.15, 0.2) is 0 Å². The molecule has 1 aliphatic rings. The Kier molecular flexibility index (Phi) is 7.30. The Morgan fingerprint density at radius 3 is 2.89 bits per heavy atom. The highest BCUT2D eigenvalue weighted by atomic mass is 16.5. The molecule has 1 aliphatic heterocycles. The van der Waals surface area contributed by atoms with Gasteiger partial charge in [-0.05, 0) is 19.8 Å². The summed E-state index contributed by atoms with van der Waals surface area (Å²) >= 11 is 0. The van der Waals surface area contributed by atoms with Gasteiger partial charge in [0.2, 0.25) is 5.91 Å². The summed E-state index contributed by atoms with van der Waals surface area (Å²) in [5.41, 5.74) is 0. The van der Waals surface area contributed by atoms with E-state index in [9.17, 15) is 9.90 Å². The van der Waals surface area contributed by atoms with Gasteiger partial charge in [-0.3, -0.25) is 4.79 Å². The number of nitrogens with zero attached hydrogens (tertiary/aromatic N) is 1. The molecule has 112 valence electrons. The van der Waals surface area contributed by atoms with Crippen LogP contribution in [0.3, 0.4) is 0 Å². The molecule has 0 aliphatic carbocycles. The van der Waals surface area contributed by atoms with Crippen molar-refractivity contribution in [3.63, 3.8) is 0 Å². The molecule has 6 heteroatoms. The molecule has 0 aromatic rings. The van der Waals surface area contributed by atoms with Crippen LogP contribution < -0.4 is 5.32 Å². The second-order valence-corrected chi connectivity index (χ2v) is 5.19. The molecule has 1 fully saturated rings. The molecule has 0 saturated carbocycles. The predicted octanol–water partition coefficient (Wildman–Crippen LogP) is -0.391. The van der Waals surface area contributed by atoms with Crippen molar-refractivity contribution in [3.05, 3.63) is 0 Å². The summed E-state index contributed by atoms with van der Waals surface area (Å²) in [5, 5.41) is 12.7. The van der Waals surface area contributed by atoms with Crippen LogP contribution in [-0.4, -0.2) is 74.6 Å². The van der Waals surface area contributed by atoms with Crippen LogP contribution in [0.4, 0.5) is 0 Å². The summed E-state index contributed by atoms with van der Waals surface area (Å²) in [6.07, 6.45) is 1.68. The summed E-state index contributed by atoms with van der Waals surface area (Å²) in [7, 11) is 3.42. The monoisotopic (exact) mass is 274 g/mol. The lowest BCUT2D eigenvalue weighted by Gasteiger charge is -2.20. The first kappa shape index (κ1) is 16.4. The van der Waals surface area contributed by atoms with Gasteiger partial charge in [-0.2, -0.15) is 0 Å². The van der Waals surface area contributed by atoms with Crippen molar-refractivity contribution in [1.29, 1.82) is 0 Å². The van der Waals surface area contributed by atoms with Gasteiger partial charge in [0.05, 0.1) is 31.5 Å². The first-order chi connectivity index (χ1) is 9.00. The van der Waals surface area contributed by atoms with Gasteiger partial charge in [0.25, 0.3) is 0 Å². The SMILES string of the molecule is CC(NCC(O)COCC1CCCO1)C(=O)N(C)C. The number of rotatable bonds is 8. The molecular formula is C13H26N2O4. The molecule has 0 aromatic carbocycles. The zero-order valence-corrected chi connectivity index (χ0v) is 12.1. The molecule has 1 rings (SSSR count). The van der Waals surface area contributed by atoms with Crippen molar-refractivity contribution in [2.75, 3.05) is 40.5 Å². The van der Waals surface area contributed by atoms with Gasteiger partial charge in [-0.25, -0.2) is 0 Å². The average Bonchev–Trinajstić information content (AvgIpc) is 2.88. The minimum Gasteiger partial charge on any atom is -0.389 e. The zero-order chi connectivity index (χ0) is 14.3. The number of nitrogens with one attached hydrogen (secondary N) is 1. The maximum Gasteiger partial charge on any atom is 0.238 e. The lowest BCUT2D eigenvalue weighted by Crippen LogP contribution is -2.45. The number of hydrogen-bond acceptors (Lipinski definition) is 5. The highest BCUT2D eigenvalue weighted by Crippen LogP contribution is 2.11. The number of carbonyl (C=O) groups excluding carboxylic acids is 1. The van der Waals surface area contributed by atoms with E-state index in [0.29, 0.717) is 13.2 Å². The third-order valence-corrected chi connectivity index (χ3v) is 3.11. The third kappa shape index (κ3) is 6.33. The Morgan fingerprint density at radius 2 is 2.32 bits per heavy atom. The number of amides is 1. The molecule has 0 spiro atoms. The first-order valence-corrected chi connectivity index (χ1v) is 6.82. The van der Waals surface area contributed by atoms with Crippen molar-refractivity contribution < 1.29 is 19.4 Å². The average molecular weight is 274 g/mol. The molecule has 2 N–H and O–H groups in total. The van der Waals surface area contributed by atoms with E-state index < -0.39 is 6.10 Å². The van der Waals surface area contributed by atoms with Crippen molar-refractivity contribution >= 4 is 5.91 Å². The molecule has 1 heterocycles. The molecule has 0 aromatic heterocycles. The summed E-state index contributed by atoms with van der Waals surface area (Å²) in [6.45, 7) is 3.72. The number of hydrogen-bond donors (Lipinski definition) is 2. The van der Waals surface area contributed by atoms with Gasteiger partial charge >= 0.3 is 0 Å². The van der Waals surface area contributed by atoms with Gasteiger partial charge < -0.3 is 24.8 Å². The minimum absolute atomic E-state index is 0.00697. The molecule has 1 saturated heterocycles. The fourth-order valence-electron chi connectivity index (χ4n) is 1.96. The molecule has 19 heavy (non-hydrogen) atoms. The number of aliphatic hydroxyl groups excluding tert-OH is 1. The van der Waals surface area contributed by atoms with E-state index in [1.807, 2.05) is 0 Å². The van der Waals surface area contributed by atoms with E-state index in [-0.39, 0.29) is 24.7 Å². The van der Waals surface area contributed by atoms with E-state index in [2.05, 4.69) is 5.32 Å². The Morgan fingerprint density at radius 1 is 1.58 bits per heavy atom. The van der Waals surface area contributed by atoms with Crippen molar-refractivity contribution in [2.45, 2.75) is 38.0 Å². The van der Waals surface area contributed by atoms with Crippen molar-refractivity contribution in [1.82, 2.24) is 10.2 Å². The van der Waals surface area contributed by atoms with E-state index in [4.69, 9.17) is 9.47 Å². The lowest BCUT2D eigenvalue weighted by atomic mass is 10.2. The smallest absolute Gasteiger partial charge is 0.238 e. The molecular weight excluding hydrogens is 248 g/mol. The predicted molar refractivity (Wildman–Crippen MR) is 72.0 cm³/mol. The van der Waals surface area contributed by atoms with Gasteiger partial charge in [-0.1, -0.05) is 0 Å². The van der Waals surface area contributed by atoms with Crippen LogP contribution in [0.25, 0.3) is 0 Å². The van der Waals surface area contributed by atoms with Gasteiger partial charge in [0, 0.05) is 27.2 Å². The van der Waals surface area contributed by atoms with Crippen LogP contribution in [0.15, 0.2) is 0 Å². The number of ether oxygens (including phenoxy) is 2. The maximum absolute atomic E-state index is 11.6. The van der Waals surface area contributed by atoms with E-state index in [1.165, 1.54) is 4.90 Å². The Hall–Kier alpha value is -0.690. The minimum atomic E-state index is -0.612. The van der Waals surface area contributed by atoms with E-state index in [1.54, 1.807) is 21.0 Å². The molecule has 6 nitrogen and oxygen atoms in total. The Bertz CT molecular complexity index is 267. The molecule has 0 radical (unpaired) electrons. The summed E-state index contributed by atoms with van der Waals surface area (Å²) in [4.78, 5) is 13.1. The van der Waals surface area contributed by atoms with Crippen LogP contribution in [-0.2, 0) is 14.3 Å². The number of likely N-dealkylation sites (N-methyl/N-ethyl adjacent to an activating group) is 1. The second kappa shape index (κ2) is 8.47. The fourth-order valence-corrected chi connectivity index (χ4v) is 1.96. The molecule has 3 unspecified atom stereocenters. The van der Waals surface area contributed by atoms with Gasteiger partial charge in [-0.15, -0.1) is 0 Å². The van der Waals surface area contributed by atoms with Crippen LogP contribution in [0.5, 0.6) is 0 Å². The lowest BCUT2D eigenvalue weighted by molar-refractivity contribution is -0.130. The largest absolute Gasteiger partial charge is 0.389 e. The number of aliphatic hydroxyl groups is 1. The highest BCUT2D eigenvalue weighted by Gasteiger charge is 2.17. The van der Waals surface area contributed by atoms with Gasteiger partial charge in [0.1, 0.15) is 0 Å². The molecule has 3 atom stereocenters. The highest BCUT2D eigenvalue weighted by molar-refractivity contribution is 5.80. The number of carbonyl (C=O) groups is 1. The van der Waals surface area contributed by atoms with Crippen LogP contribution >= 0.6 is 0 Å². The van der Waals surface area contributed by atoms with Crippen molar-refractivity contribution in [2.24, 2.45) is 0 Å². The second-order valence-electron chi connectivity index (χ2n) is 5.19. The Labute approximate surface area is 115 Å². The summed E-state index contributed by atoms with van der Waals surface area (Å²) in [6, 6.07) is -0.303. The van der Waals surface area contributed by atoms with Crippen molar-refractivity contribution in [3.8, 4) is 0 Å². The van der Waals surface area contributed by atoms with E-state index >= 15 is 0 Å². The van der Waals surface area contributed by atoms with Crippen LogP contribution in [0.2, 0.25) is 0 Å². The third-order valence-electron chi connectivity index (χ3n) is 3.11. The van der Waals surface area contributed by atoms with E-state index in [0.717, 1.165) is 19.4 Å². The maximum atomic E-state index is 11.6. The normalized spacial score (nSPS) is 22.2. The molecule has 1 amide bonds. The fraction of sp³-hybridized carbons (Fsp3) is 0.923. The standard InChI is InChI=1S/C13H26N2O4/c1-10(13(17)15(2)3)14-7-11(16)8-18-9-12-5-4-6-19-12/h10-12,14,16H,4-9H2,1-3H3. The first-order valence-electron chi connectivity index (χ1n) is 6.82. The summed E-state index contributed by atoms with van der Waals surface area (Å²) in [5.74, 6) is -0.00697. The Balaban J connectivity index is 2.06.